The van der Waals surface area contributed by atoms with Gasteiger partial charge in [-0.3, -0.25) is 0 Å². The van der Waals surface area contributed by atoms with Crippen LogP contribution in [0.3, 0.4) is 0 Å². The Hall–Kier alpha value is -9.39. The number of rotatable bonds is 7. The predicted octanol–water partition coefficient (Wildman–Crippen LogP) is 16.8. The first-order valence-electron chi connectivity index (χ1n) is 23.2. The Morgan fingerprint density at radius 3 is 1.38 bits per heavy atom. The van der Waals surface area contributed by atoms with E-state index in [1.54, 1.807) is 0 Å². The van der Waals surface area contributed by atoms with Crippen molar-refractivity contribution in [2.24, 2.45) is 0 Å². The van der Waals surface area contributed by atoms with E-state index in [0.29, 0.717) is 17.5 Å². The standard InChI is InChI=1S/C63H38N4O2/c1-4-13-39(14-5-1)41-23-25-43(26-24-41)62-64-61(42-17-8-3-9-18-42)65-63(66-62)47-29-32-50-49-31-27-45(36-57(49)69-58(50)38-47)46-28-33-51-59(37-46)68-56-22-12-21-55(60(51)56)67-53-20-11-10-19-48(53)52-35-44(30-34-54(52)67)40-15-6-2-7-16-40/h1-38H. The third kappa shape index (κ3) is 6.53. The summed E-state index contributed by atoms with van der Waals surface area (Å²) >= 11 is 0. The van der Waals surface area contributed by atoms with Crippen LogP contribution in [0.1, 0.15) is 0 Å². The van der Waals surface area contributed by atoms with Crippen LogP contribution in [0.5, 0.6) is 0 Å². The number of furan rings is 2. The van der Waals surface area contributed by atoms with E-state index in [2.05, 4.69) is 193 Å². The third-order valence-electron chi connectivity index (χ3n) is 13.5. The van der Waals surface area contributed by atoms with Crippen LogP contribution in [0.4, 0.5) is 0 Å². The lowest BCUT2D eigenvalue weighted by atomic mass is 10.0. The number of hydrogen-bond donors (Lipinski definition) is 0. The van der Waals surface area contributed by atoms with Gasteiger partial charge in [0.1, 0.15) is 22.3 Å². The van der Waals surface area contributed by atoms with Gasteiger partial charge in [-0.1, -0.05) is 164 Å². The lowest BCUT2D eigenvalue weighted by Gasteiger charge is -2.10. The van der Waals surface area contributed by atoms with E-state index in [0.717, 1.165) is 99.5 Å². The lowest BCUT2D eigenvalue weighted by Crippen LogP contribution is -2.00. The van der Waals surface area contributed by atoms with Crippen LogP contribution in [0.25, 0.3) is 139 Å². The zero-order valence-corrected chi connectivity index (χ0v) is 37.0. The third-order valence-corrected chi connectivity index (χ3v) is 13.5. The van der Waals surface area contributed by atoms with Crippen molar-refractivity contribution < 1.29 is 8.83 Å². The highest BCUT2D eigenvalue weighted by Gasteiger charge is 2.20. The molecule has 14 rings (SSSR count). The van der Waals surface area contributed by atoms with Gasteiger partial charge >= 0.3 is 0 Å². The van der Waals surface area contributed by atoms with Crippen LogP contribution in [-0.4, -0.2) is 19.5 Å². The van der Waals surface area contributed by atoms with Crippen LogP contribution in [0.2, 0.25) is 0 Å². The summed E-state index contributed by atoms with van der Waals surface area (Å²) in [5.74, 6) is 1.79. The van der Waals surface area contributed by atoms with E-state index in [9.17, 15) is 0 Å². The van der Waals surface area contributed by atoms with E-state index < -0.39 is 0 Å². The molecule has 0 spiro atoms. The highest BCUT2D eigenvalue weighted by Crippen LogP contribution is 2.42. The maximum Gasteiger partial charge on any atom is 0.164 e. The number of benzene rings is 10. The van der Waals surface area contributed by atoms with Gasteiger partial charge < -0.3 is 13.4 Å². The van der Waals surface area contributed by atoms with E-state index >= 15 is 0 Å². The molecule has 6 heteroatoms. The number of nitrogens with zero attached hydrogens (tertiary/aromatic N) is 4. The maximum absolute atomic E-state index is 6.69. The molecule has 0 saturated carbocycles. The fourth-order valence-corrected chi connectivity index (χ4v) is 10.1. The molecule has 69 heavy (non-hydrogen) atoms. The predicted molar refractivity (Wildman–Crippen MR) is 281 cm³/mol. The Morgan fingerprint density at radius 1 is 0.261 bits per heavy atom. The molecule has 10 aromatic carbocycles. The van der Waals surface area contributed by atoms with Gasteiger partial charge in [0.25, 0.3) is 0 Å². The second-order valence-electron chi connectivity index (χ2n) is 17.6. The molecule has 0 aliphatic carbocycles. The van der Waals surface area contributed by atoms with E-state index in [-0.39, 0.29) is 0 Å². The minimum Gasteiger partial charge on any atom is -0.456 e. The molecule has 0 aliphatic heterocycles. The Morgan fingerprint density at radius 2 is 0.696 bits per heavy atom. The number of para-hydroxylation sites is 1. The van der Waals surface area contributed by atoms with Crippen LogP contribution in [0, 0.1) is 0 Å². The van der Waals surface area contributed by atoms with Crippen molar-refractivity contribution in [1.29, 1.82) is 0 Å². The van der Waals surface area contributed by atoms with E-state index in [1.807, 2.05) is 42.5 Å². The van der Waals surface area contributed by atoms with Crippen molar-refractivity contribution >= 4 is 65.7 Å². The average Bonchev–Trinajstić information content (AvgIpc) is 4.10. The van der Waals surface area contributed by atoms with Gasteiger partial charge in [-0.25, -0.2) is 15.0 Å². The molecule has 0 saturated heterocycles. The van der Waals surface area contributed by atoms with Crippen molar-refractivity contribution in [2.75, 3.05) is 0 Å². The first kappa shape index (κ1) is 38.8. The molecule has 0 aliphatic rings. The minimum absolute atomic E-state index is 0.576. The highest BCUT2D eigenvalue weighted by atomic mass is 16.3. The molecular weight excluding hydrogens is 845 g/mol. The monoisotopic (exact) mass is 882 g/mol. The molecule has 322 valence electrons. The lowest BCUT2D eigenvalue weighted by molar-refractivity contribution is 0.668. The fourth-order valence-electron chi connectivity index (χ4n) is 10.1. The summed E-state index contributed by atoms with van der Waals surface area (Å²) < 4.78 is 15.7. The number of fused-ring (bicyclic) bond motifs is 9. The SMILES string of the molecule is c1ccc(-c2ccc(-c3nc(-c4ccccc4)nc(-c4ccc5c(c4)oc4cc(-c6ccc7c(c6)oc6cccc(-n8c9ccccc9c9cc(-c%10ccccc%10)ccc98)c67)ccc45)n3)cc2)cc1. The average molecular weight is 883 g/mol. The quantitative estimate of drug-likeness (QED) is 0.159. The molecule has 14 aromatic rings. The van der Waals surface area contributed by atoms with Crippen LogP contribution in [-0.2, 0) is 0 Å². The van der Waals surface area contributed by atoms with Gasteiger partial charge in [0.15, 0.2) is 17.5 Å². The highest BCUT2D eigenvalue weighted by molar-refractivity contribution is 6.15. The Bertz CT molecular complexity index is 4290. The summed E-state index contributed by atoms with van der Waals surface area (Å²) in [7, 11) is 0. The zero-order chi connectivity index (χ0) is 45.4. The van der Waals surface area contributed by atoms with Crippen LogP contribution in [0.15, 0.2) is 239 Å². The zero-order valence-electron chi connectivity index (χ0n) is 37.0. The van der Waals surface area contributed by atoms with Gasteiger partial charge in [-0.2, -0.15) is 0 Å². The first-order chi connectivity index (χ1) is 34.2. The van der Waals surface area contributed by atoms with Crippen molar-refractivity contribution in [2.45, 2.75) is 0 Å². The summed E-state index contributed by atoms with van der Waals surface area (Å²) in [6, 6.07) is 80.4. The normalized spacial score (nSPS) is 11.8. The maximum atomic E-state index is 6.69. The topological polar surface area (TPSA) is 69.9 Å². The fraction of sp³-hybridized carbons (Fsp3) is 0. The molecule has 0 unspecified atom stereocenters. The van der Waals surface area contributed by atoms with Crippen LogP contribution < -0.4 is 0 Å². The van der Waals surface area contributed by atoms with Gasteiger partial charge in [0.05, 0.1) is 22.1 Å². The molecule has 0 bridgehead atoms. The Labute approximate surface area is 396 Å². The van der Waals surface area contributed by atoms with Crippen molar-refractivity contribution in [3.63, 3.8) is 0 Å². The van der Waals surface area contributed by atoms with Crippen molar-refractivity contribution in [3.8, 4) is 73.2 Å². The summed E-state index contributed by atoms with van der Waals surface area (Å²) in [4.78, 5) is 15.0. The van der Waals surface area contributed by atoms with Gasteiger partial charge in [0.2, 0.25) is 0 Å². The molecule has 0 fully saturated rings. The summed E-state index contributed by atoms with van der Waals surface area (Å²) in [6.45, 7) is 0. The molecule has 0 atom stereocenters. The number of aromatic nitrogens is 4. The summed E-state index contributed by atoms with van der Waals surface area (Å²) in [5, 5.41) is 6.64. The van der Waals surface area contributed by atoms with Gasteiger partial charge in [0, 0.05) is 43.6 Å². The smallest absolute Gasteiger partial charge is 0.164 e. The second kappa shape index (κ2) is 15.6. The number of hydrogen-bond acceptors (Lipinski definition) is 5. The molecule has 4 heterocycles. The Kier molecular flexibility index (Phi) is 8.79. The van der Waals surface area contributed by atoms with Crippen molar-refractivity contribution in [1.82, 2.24) is 19.5 Å². The second-order valence-corrected chi connectivity index (χ2v) is 17.6. The molecule has 4 aromatic heterocycles. The van der Waals surface area contributed by atoms with Gasteiger partial charge in [-0.15, -0.1) is 0 Å². The first-order valence-corrected chi connectivity index (χ1v) is 23.2. The Balaban J connectivity index is 0.828. The van der Waals surface area contributed by atoms with E-state index in [4.69, 9.17) is 23.8 Å². The molecule has 0 radical (unpaired) electrons. The van der Waals surface area contributed by atoms with Gasteiger partial charge in [-0.05, 0) is 100 Å². The van der Waals surface area contributed by atoms with Crippen molar-refractivity contribution in [3.05, 3.63) is 231 Å². The molecule has 0 N–H and O–H groups in total. The molecular formula is C63H38N4O2. The summed E-state index contributed by atoms with van der Waals surface area (Å²) in [6.07, 6.45) is 0. The molecule has 0 amide bonds. The summed E-state index contributed by atoms with van der Waals surface area (Å²) in [5.41, 5.74) is 16.1. The molecule has 6 nitrogen and oxygen atoms in total. The largest absolute Gasteiger partial charge is 0.456 e. The van der Waals surface area contributed by atoms with Crippen LogP contribution >= 0.6 is 0 Å². The minimum atomic E-state index is 0.576. The van der Waals surface area contributed by atoms with E-state index in [1.165, 1.54) is 21.9 Å².